The van der Waals surface area contributed by atoms with E-state index in [4.69, 9.17) is 4.74 Å². The van der Waals surface area contributed by atoms with E-state index in [0.717, 1.165) is 47.3 Å². The van der Waals surface area contributed by atoms with Gasteiger partial charge in [-0.1, -0.05) is 12.1 Å². The minimum atomic E-state index is -4.28. The van der Waals surface area contributed by atoms with Gasteiger partial charge in [-0.3, -0.25) is 5.10 Å². The highest BCUT2D eigenvalue weighted by atomic mass is 32.2. The number of nitrogens with one attached hydrogen (secondary N) is 2. The number of ether oxygens (including phenoxy) is 1. The van der Waals surface area contributed by atoms with Crippen LogP contribution in [0.4, 0.5) is 13.2 Å². The van der Waals surface area contributed by atoms with E-state index in [2.05, 4.69) is 15.5 Å². The minimum absolute atomic E-state index is 0.109. The number of nitrogens with zero attached hydrogens (tertiary/aromatic N) is 1. The molecular formula is C17H16F3N3OS2. The molecule has 26 heavy (non-hydrogen) atoms. The van der Waals surface area contributed by atoms with Crippen molar-refractivity contribution < 1.29 is 17.9 Å². The zero-order valence-electron chi connectivity index (χ0n) is 13.6. The number of fused-ring (bicyclic) bond motifs is 1. The SMILES string of the molecule is FC(F)(F)Sc1ccc(-c2csc3c(OC4CCNCC4)n[nH]c23)cc1. The molecule has 4 nitrogen and oxygen atoms in total. The molecule has 0 unspecified atom stereocenters. The summed E-state index contributed by atoms with van der Waals surface area (Å²) in [5.41, 5.74) is -1.65. The topological polar surface area (TPSA) is 49.9 Å². The Labute approximate surface area is 156 Å². The molecule has 0 amide bonds. The number of thioether (sulfide) groups is 1. The van der Waals surface area contributed by atoms with Crippen molar-refractivity contribution in [3.8, 4) is 17.0 Å². The van der Waals surface area contributed by atoms with Crippen molar-refractivity contribution in [2.24, 2.45) is 0 Å². The van der Waals surface area contributed by atoms with E-state index < -0.39 is 5.51 Å². The fraction of sp³-hybridized carbons (Fsp3) is 0.353. The molecule has 0 radical (unpaired) electrons. The quantitative estimate of drug-likeness (QED) is 0.604. The Bertz CT molecular complexity index is 883. The fourth-order valence-corrected chi connectivity index (χ4v) is 4.48. The number of rotatable bonds is 4. The van der Waals surface area contributed by atoms with Gasteiger partial charge in [-0.05, 0) is 55.4 Å². The molecule has 0 atom stereocenters. The van der Waals surface area contributed by atoms with Crippen LogP contribution in [0.3, 0.4) is 0 Å². The second kappa shape index (κ2) is 7.13. The minimum Gasteiger partial charge on any atom is -0.472 e. The number of piperidine rings is 1. The van der Waals surface area contributed by atoms with Gasteiger partial charge in [0.2, 0.25) is 0 Å². The lowest BCUT2D eigenvalue weighted by Crippen LogP contribution is -2.34. The lowest BCUT2D eigenvalue weighted by molar-refractivity contribution is -0.0328. The summed E-state index contributed by atoms with van der Waals surface area (Å²) in [6.45, 7) is 1.88. The first-order valence-corrected chi connectivity index (χ1v) is 9.88. The number of alkyl halides is 3. The molecule has 0 aliphatic carbocycles. The highest BCUT2D eigenvalue weighted by Gasteiger charge is 2.29. The summed E-state index contributed by atoms with van der Waals surface area (Å²) >= 11 is 1.42. The van der Waals surface area contributed by atoms with Crippen molar-refractivity contribution in [1.82, 2.24) is 15.5 Å². The van der Waals surface area contributed by atoms with Gasteiger partial charge in [-0.25, -0.2) is 0 Å². The van der Waals surface area contributed by atoms with Crippen molar-refractivity contribution in [3.05, 3.63) is 29.6 Å². The number of halogens is 3. The summed E-state index contributed by atoms with van der Waals surface area (Å²) in [5.74, 6) is 0.604. The van der Waals surface area contributed by atoms with Gasteiger partial charge >= 0.3 is 5.51 Å². The molecule has 1 aliphatic rings. The monoisotopic (exact) mass is 399 g/mol. The number of thiophene rings is 1. The predicted molar refractivity (Wildman–Crippen MR) is 97.8 cm³/mol. The maximum absolute atomic E-state index is 12.5. The fourth-order valence-electron chi connectivity index (χ4n) is 2.98. The summed E-state index contributed by atoms with van der Waals surface area (Å²) < 4.78 is 44.3. The van der Waals surface area contributed by atoms with Crippen molar-refractivity contribution in [3.63, 3.8) is 0 Å². The third-order valence-corrected chi connectivity index (χ3v) is 5.93. The molecule has 1 saturated heterocycles. The average Bonchev–Trinajstić information content (AvgIpc) is 3.18. The molecule has 3 aromatic rings. The molecule has 1 fully saturated rings. The Morgan fingerprint density at radius 1 is 1.15 bits per heavy atom. The molecule has 2 aromatic heterocycles. The second-order valence-electron chi connectivity index (χ2n) is 6.02. The standard InChI is InChI=1S/C17H16F3N3OS2/c18-17(19,20)26-12-3-1-10(2-4-12)13-9-25-15-14(13)22-23-16(15)24-11-5-7-21-8-6-11/h1-4,9,11,21H,5-8H2,(H,22,23). The first kappa shape index (κ1) is 17.7. The summed E-state index contributed by atoms with van der Waals surface area (Å²) in [6.07, 6.45) is 2.06. The summed E-state index contributed by atoms with van der Waals surface area (Å²) in [4.78, 5) is 0.173. The van der Waals surface area contributed by atoms with E-state index in [1.807, 2.05) is 5.38 Å². The zero-order chi connectivity index (χ0) is 18.1. The van der Waals surface area contributed by atoms with Crippen LogP contribution in [0, 0.1) is 0 Å². The smallest absolute Gasteiger partial charge is 0.446 e. The van der Waals surface area contributed by atoms with Crippen LogP contribution in [0.5, 0.6) is 5.88 Å². The van der Waals surface area contributed by atoms with Crippen molar-refractivity contribution >= 4 is 33.3 Å². The molecule has 0 spiro atoms. The van der Waals surface area contributed by atoms with Crippen LogP contribution in [0.15, 0.2) is 34.5 Å². The van der Waals surface area contributed by atoms with E-state index in [0.29, 0.717) is 5.88 Å². The van der Waals surface area contributed by atoms with Gasteiger partial charge in [-0.15, -0.1) is 16.4 Å². The van der Waals surface area contributed by atoms with Gasteiger partial charge in [0.1, 0.15) is 10.8 Å². The Morgan fingerprint density at radius 3 is 2.58 bits per heavy atom. The third-order valence-electron chi connectivity index (χ3n) is 4.22. The van der Waals surface area contributed by atoms with Crippen LogP contribution < -0.4 is 10.1 Å². The summed E-state index contributed by atoms with van der Waals surface area (Å²) in [7, 11) is 0. The number of aromatic amines is 1. The number of hydrogen-bond donors (Lipinski definition) is 2. The maximum atomic E-state index is 12.5. The molecular weight excluding hydrogens is 383 g/mol. The van der Waals surface area contributed by atoms with E-state index in [1.54, 1.807) is 12.1 Å². The normalized spacial score (nSPS) is 16.3. The van der Waals surface area contributed by atoms with E-state index >= 15 is 0 Å². The van der Waals surface area contributed by atoms with Crippen LogP contribution in [-0.4, -0.2) is 34.9 Å². The molecule has 0 saturated carbocycles. The van der Waals surface area contributed by atoms with Gasteiger partial charge < -0.3 is 10.1 Å². The molecule has 1 aromatic carbocycles. The predicted octanol–water partition coefficient (Wildman–Crippen LogP) is 5.03. The highest BCUT2D eigenvalue weighted by molar-refractivity contribution is 8.00. The van der Waals surface area contributed by atoms with Crippen LogP contribution in [0.25, 0.3) is 21.3 Å². The molecule has 0 bridgehead atoms. The van der Waals surface area contributed by atoms with E-state index in [9.17, 15) is 13.2 Å². The molecule has 138 valence electrons. The average molecular weight is 399 g/mol. The largest absolute Gasteiger partial charge is 0.472 e. The van der Waals surface area contributed by atoms with E-state index in [-0.39, 0.29) is 22.8 Å². The first-order valence-electron chi connectivity index (χ1n) is 8.19. The second-order valence-corrected chi connectivity index (χ2v) is 8.04. The zero-order valence-corrected chi connectivity index (χ0v) is 15.2. The molecule has 4 rings (SSSR count). The number of benzene rings is 1. The van der Waals surface area contributed by atoms with Crippen LogP contribution in [0.2, 0.25) is 0 Å². The van der Waals surface area contributed by atoms with Gasteiger partial charge in [0.15, 0.2) is 0 Å². The maximum Gasteiger partial charge on any atom is 0.446 e. The van der Waals surface area contributed by atoms with Gasteiger partial charge in [0, 0.05) is 15.8 Å². The highest BCUT2D eigenvalue weighted by Crippen LogP contribution is 2.40. The van der Waals surface area contributed by atoms with Gasteiger partial charge in [0.05, 0.1) is 5.52 Å². The number of H-pyrrole nitrogens is 1. The van der Waals surface area contributed by atoms with E-state index in [1.165, 1.54) is 23.5 Å². The molecule has 2 N–H and O–H groups in total. The van der Waals surface area contributed by atoms with Gasteiger partial charge in [-0.2, -0.15) is 13.2 Å². The Kier molecular flexibility index (Phi) is 4.85. The van der Waals surface area contributed by atoms with Crippen molar-refractivity contribution in [2.45, 2.75) is 29.3 Å². The van der Waals surface area contributed by atoms with Crippen molar-refractivity contribution in [2.75, 3.05) is 13.1 Å². The summed E-state index contributed by atoms with van der Waals surface area (Å²) in [5, 5.41) is 12.6. The van der Waals surface area contributed by atoms with Crippen LogP contribution in [-0.2, 0) is 0 Å². The number of hydrogen-bond acceptors (Lipinski definition) is 5. The first-order chi connectivity index (χ1) is 12.5. The molecule has 9 heteroatoms. The molecule has 3 heterocycles. The third kappa shape index (κ3) is 3.84. The summed E-state index contributed by atoms with van der Waals surface area (Å²) in [6, 6.07) is 6.37. The Hall–Kier alpha value is -1.71. The Morgan fingerprint density at radius 2 is 1.88 bits per heavy atom. The van der Waals surface area contributed by atoms with Crippen molar-refractivity contribution in [1.29, 1.82) is 0 Å². The lowest BCUT2D eigenvalue weighted by Gasteiger charge is -2.22. The van der Waals surface area contributed by atoms with Crippen LogP contribution in [0.1, 0.15) is 12.8 Å². The molecule has 1 aliphatic heterocycles. The van der Waals surface area contributed by atoms with Crippen LogP contribution >= 0.6 is 23.1 Å². The number of aromatic nitrogens is 2. The Balaban J connectivity index is 1.56. The van der Waals surface area contributed by atoms with Gasteiger partial charge in [0.25, 0.3) is 5.88 Å². The lowest BCUT2D eigenvalue weighted by atomic mass is 10.1.